The molecule has 0 fully saturated rings. The molecule has 0 N–H and O–H groups in total. The highest BCUT2D eigenvalue weighted by atomic mass is 32.1. The topological polar surface area (TPSA) is 0 Å². The van der Waals surface area contributed by atoms with Crippen LogP contribution in [0, 0.1) is 13.8 Å². The van der Waals surface area contributed by atoms with Gasteiger partial charge >= 0.3 is 0 Å². The van der Waals surface area contributed by atoms with E-state index >= 15 is 0 Å². The normalized spacial score (nSPS) is 11.9. The van der Waals surface area contributed by atoms with E-state index in [1.807, 2.05) is 22.7 Å². The van der Waals surface area contributed by atoms with Crippen LogP contribution in [0.1, 0.15) is 25.9 Å². The SMILES string of the molecule is Cc1ccc(/C=C/C/C=C/c2ccc(C)s2)s1. The summed E-state index contributed by atoms with van der Waals surface area (Å²) in [5, 5.41) is 0. The number of hydrogen-bond acceptors (Lipinski definition) is 2. The molecule has 0 saturated carbocycles. The molecule has 0 aromatic carbocycles. The summed E-state index contributed by atoms with van der Waals surface area (Å²) < 4.78 is 0. The first-order valence-corrected chi connectivity index (χ1v) is 7.33. The first-order valence-electron chi connectivity index (χ1n) is 5.70. The Balaban J connectivity index is 1.83. The molecular formula is C15H16S2. The molecule has 17 heavy (non-hydrogen) atoms. The van der Waals surface area contributed by atoms with E-state index in [0.29, 0.717) is 0 Å². The Morgan fingerprint density at radius 3 is 1.65 bits per heavy atom. The van der Waals surface area contributed by atoms with Crippen LogP contribution in [0.4, 0.5) is 0 Å². The lowest BCUT2D eigenvalue weighted by atomic mass is 10.3. The number of hydrogen-bond donors (Lipinski definition) is 0. The standard InChI is InChI=1S/C15H16S2/c1-12-8-10-14(16-12)6-4-3-5-7-15-11-9-13(2)17-15/h4-11H,3H2,1-2H3/b6-4+,7-5+. The van der Waals surface area contributed by atoms with E-state index in [-0.39, 0.29) is 0 Å². The number of aryl methyl sites for hydroxylation is 2. The lowest BCUT2D eigenvalue weighted by Crippen LogP contribution is -1.60. The van der Waals surface area contributed by atoms with Crippen molar-refractivity contribution in [3.63, 3.8) is 0 Å². The minimum absolute atomic E-state index is 0.994. The van der Waals surface area contributed by atoms with E-state index in [1.54, 1.807) is 0 Å². The Hall–Kier alpha value is -1.12. The highest BCUT2D eigenvalue weighted by Gasteiger charge is 1.91. The molecule has 0 saturated heterocycles. The van der Waals surface area contributed by atoms with Gasteiger partial charge in [0.05, 0.1) is 0 Å². The third-order valence-electron chi connectivity index (χ3n) is 2.36. The highest BCUT2D eigenvalue weighted by Crippen LogP contribution is 2.18. The predicted molar refractivity (Wildman–Crippen MR) is 80.8 cm³/mol. The molecule has 0 aliphatic rings. The van der Waals surface area contributed by atoms with Crippen molar-refractivity contribution < 1.29 is 0 Å². The summed E-state index contributed by atoms with van der Waals surface area (Å²) in [6, 6.07) is 8.66. The molecule has 0 radical (unpaired) electrons. The van der Waals surface area contributed by atoms with Crippen LogP contribution in [-0.4, -0.2) is 0 Å². The van der Waals surface area contributed by atoms with Crippen molar-refractivity contribution in [1.29, 1.82) is 0 Å². The zero-order valence-electron chi connectivity index (χ0n) is 10.1. The van der Waals surface area contributed by atoms with Gasteiger partial charge in [-0.2, -0.15) is 0 Å². The summed E-state index contributed by atoms with van der Waals surface area (Å²) in [5.41, 5.74) is 0. The van der Waals surface area contributed by atoms with Gasteiger partial charge in [-0.1, -0.05) is 12.2 Å². The maximum Gasteiger partial charge on any atom is 0.0270 e. The van der Waals surface area contributed by atoms with Gasteiger partial charge in [0.1, 0.15) is 0 Å². The van der Waals surface area contributed by atoms with Gasteiger partial charge in [0.25, 0.3) is 0 Å². The van der Waals surface area contributed by atoms with Crippen LogP contribution >= 0.6 is 22.7 Å². The second-order valence-electron chi connectivity index (χ2n) is 3.94. The molecule has 2 rings (SSSR count). The van der Waals surface area contributed by atoms with Crippen molar-refractivity contribution in [2.45, 2.75) is 20.3 Å². The fraction of sp³-hybridized carbons (Fsp3) is 0.200. The number of thiophene rings is 2. The van der Waals surface area contributed by atoms with Crippen molar-refractivity contribution in [3.05, 3.63) is 55.9 Å². The molecule has 0 atom stereocenters. The molecule has 2 heteroatoms. The van der Waals surface area contributed by atoms with Gasteiger partial charge < -0.3 is 0 Å². The Bertz CT molecular complexity index is 478. The smallest absolute Gasteiger partial charge is 0.0270 e. The van der Waals surface area contributed by atoms with Crippen LogP contribution in [0.5, 0.6) is 0 Å². The first-order chi connectivity index (χ1) is 8.24. The molecule has 0 aliphatic heterocycles. The van der Waals surface area contributed by atoms with Crippen LogP contribution in [0.25, 0.3) is 12.2 Å². The largest absolute Gasteiger partial charge is 0.141 e. The van der Waals surface area contributed by atoms with Crippen LogP contribution in [0.2, 0.25) is 0 Å². The fourth-order valence-corrected chi connectivity index (χ4v) is 3.15. The molecule has 0 unspecified atom stereocenters. The van der Waals surface area contributed by atoms with E-state index in [0.717, 1.165) is 6.42 Å². The molecule has 2 aromatic heterocycles. The second-order valence-corrected chi connectivity index (χ2v) is 6.58. The molecule has 2 heterocycles. The summed E-state index contributed by atoms with van der Waals surface area (Å²) in [4.78, 5) is 5.41. The maximum absolute atomic E-state index is 2.21. The summed E-state index contributed by atoms with van der Waals surface area (Å²) in [6.07, 6.45) is 9.81. The minimum atomic E-state index is 0.994. The van der Waals surface area contributed by atoms with E-state index < -0.39 is 0 Å². The Kier molecular flexibility index (Phi) is 4.35. The molecule has 88 valence electrons. The van der Waals surface area contributed by atoms with Crippen LogP contribution in [0.15, 0.2) is 36.4 Å². The molecule has 0 nitrogen and oxygen atoms in total. The average molecular weight is 260 g/mol. The second kappa shape index (κ2) is 5.99. The molecule has 0 aliphatic carbocycles. The predicted octanol–water partition coefficient (Wildman–Crippen LogP) is 5.54. The highest BCUT2D eigenvalue weighted by molar-refractivity contribution is 7.13. The Labute approximate surface area is 111 Å². The molecule has 0 spiro atoms. The van der Waals surface area contributed by atoms with Crippen LogP contribution in [0.3, 0.4) is 0 Å². The van der Waals surface area contributed by atoms with Gasteiger partial charge in [-0.3, -0.25) is 0 Å². The van der Waals surface area contributed by atoms with Crippen molar-refractivity contribution >= 4 is 34.8 Å². The van der Waals surface area contributed by atoms with Crippen molar-refractivity contribution in [2.75, 3.05) is 0 Å². The molecular weight excluding hydrogens is 244 g/mol. The zero-order valence-corrected chi connectivity index (χ0v) is 11.8. The molecule has 0 amide bonds. The van der Waals surface area contributed by atoms with Crippen molar-refractivity contribution in [3.8, 4) is 0 Å². The van der Waals surface area contributed by atoms with Gasteiger partial charge in [-0.15, -0.1) is 22.7 Å². The van der Waals surface area contributed by atoms with E-state index in [4.69, 9.17) is 0 Å². The van der Waals surface area contributed by atoms with Gasteiger partial charge in [-0.05, 0) is 56.7 Å². The van der Waals surface area contributed by atoms with E-state index in [9.17, 15) is 0 Å². The summed E-state index contributed by atoms with van der Waals surface area (Å²) >= 11 is 3.67. The quantitative estimate of drug-likeness (QED) is 0.676. The number of allylic oxidation sites excluding steroid dienone is 2. The summed E-state index contributed by atoms with van der Waals surface area (Å²) in [7, 11) is 0. The van der Waals surface area contributed by atoms with Gasteiger partial charge in [0.15, 0.2) is 0 Å². The molecule has 2 aromatic rings. The average Bonchev–Trinajstić information content (AvgIpc) is 2.88. The Morgan fingerprint density at radius 2 is 1.29 bits per heavy atom. The fourth-order valence-electron chi connectivity index (χ4n) is 1.53. The Morgan fingerprint density at radius 1 is 0.824 bits per heavy atom. The zero-order chi connectivity index (χ0) is 12.1. The number of rotatable bonds is 4. The van der Waals surface area contributed by atoms with Gasteiger partial charge in [0.2, 0.25) is 0 Å². The monoisotopic (exact) mass is 260 g/mol. The third-order valence-corrected chi connectivity index (χ3v) is 4.29. The summed E-state index contributed by atoms with van der Waals surface area (Å²) in [6.45, 7) is 4.28. The van der Waals surface area contributed by atoms with Crippen molar-refractivity contribution in [1.82, 2.24) is 0 Å². The van der Waals surface area contributed by atoms with Crippen LogP contribution < -0.4 is 0 Å². The van der Waals surface area contributed by atoms with E-state index in [2.05, 4.69) is 62.4 Å². The van der Waals surface area contributed by atoms with Crippen LogP contribution in [-0.2, 0) is 0 Å². The molecule has 0 bridgehead atoms. The lowest BCUT2D eigenvalue weighted by molar-refractivity contribution is 1.43. The van der Waals surface area contributed by atoms with E-state index in [1.165, 1.54) is 19.5 Å². The van der Waals surface area contributed by atoms with Gasteiger partial charge in [-0.25, -0.2) is 0 Å². The summed E-state index contributed by atoms with van der Waals surface area (Å²) in [5.74, 6) is 0. The van der Waals surface area contributed by atoms with Gasteiger partial charge in [0, 0.05) is 19.5 Å². The lowest BCUT2D eigenvalue weighted by Gasteiger charge is -1.85. The maximum atomic E-state index is 2.21. The first kappa shape index (κ1) is 12.3. The van der Waals surface area contributed by atoms with Crippen molar-refractivity contribution in [2.24, 2.45) is 0 Å². The third kappa shape index (κ3) is 3.99. The minimum Gasteiger partial charge on any atom is -0.141 e.